The van der Waals surface area contributed by atoms with Gasteiger partial charge in [0.25, 0.3) is 0 Å². The van der Waals surface area contributed by atoms with Crippen LogP contribution in [-0.4, -0.2) is 21.5 Å². The molecule has 0 bridgehead atoms. The monoisotopic (exact) mass is 377 g/mol. The van der Waals surface area contributed by atoms with Crippen LogP contribution in [0.15, 0.2) is 47.4 Å². The third-order valence-corrected chi connectivity index (χ3v) is 5.87. The summed E-state index contributed by atoms with van der Waals surface area (Å²) in [5.41, 5.74) is 3.35. The average Bonchev–Trinajstić information content (AvgIpc) is 2.60. The van der Waals surface area contributed by atoms with Crippen LogP contribution in [0.25, 0.3) is 0 Å². The summed E-state index contributed by atoms with van der Waals surface area (Å²) < 4.78 is 27.9. The second kappa shape index (κ2) is 7.98. The summed E-state index contributed by atoms with van der Waals surface area (Å²) >= 11 is 0. The Balaban J connectivity index is 0.00000225. The maximum Gasteiger partial charge on any atom is 0.240 e. The van der Waals surface area contributed by atoms with Crippen LogP contribution in [0, 0.1) is 18.3 Å². The summed E-state index contributed by atoms with van der Waals surface area (Å²) in [6.45, 7) is 2.83. The van der Waals surface area contributed by atoms with Gasteiger partial charge in [-0.3, -0.25) is 0 Å². The van der Waals surface area contributed by atoms with Gasteiger partial charge in [0.2, 0.25) is 10.0 Å². The molecular formula is C18H20ClN3O2S. The quantitative estimate of drug-likeness (QED) is 0.857. The molecule has 0 radical (unpaired) electrons. The van der Waals surface area contributed by atoms with Gasteiger partial charge in [-0.15, -0.1) is 12.4 Å². The Kier molecular flexibility index (Phi) is 6.20. The molecule has 0 aliphatic carbocycles. The van der Waals surface area contributed by atoms with Crippen molar-refractivity contribution >= 4 is 22.4 Å². The Morgan fingerprint density at radius 2 is 2.04 bits per heavy atom. The Morgan fingerprint density at radius 3 is 2.80 bits per heavy atom. The first-order valence-electron chi connectivity index (χ1n) is 7.83. The van der Waals surface area contributed by atoms with Gasteiger partial charge >= 0.3 is 0 Å². The third kappa shape index (κ3) is 4.20. The van der Waals surface area contributed by atoms with E-state index in [1.54, 1.807) is 19.1 Å². The van der Waals surface area contributed by atoms with Crippen LogP contribution in [-0.2, 0) is 16.4 Å². The summed E-state index contributed by atoms with van der Waals surface area (Å²) in [5.74, 6) is 0. The molecule has 0 amide bonds. The average molecular weight is 378 g/mol. The number of rotatable bonds is 4. The predicted octanol–water partition coefficient (Wildman–Crippen LogP) is 2.45. The Morgan fingerprint density at radius 1 is 1.28 bits per heavy atom. The number of nitrogens with zero attached hydrogens (tertiary/aromatic N) is 1. The van der Waals surface area contributed by atoms with E-state index in [0.717, 1.165) is 18.5 Å². The lowest BCUT2D eigenvalue weighted by Gasteiger charge is -2.27. The molecule has 2 aromatic rings. The van der Waals surface area contributed by atoms with Crippen molar-refractivity contribution in [2.45, 2.75) is 24.3 Å². The van der Waals surface area contributed by atoms with Gasteiger partial charge in [0.15, 0.2) is 0 Å². The highest BCUT2D eigenvalue weighted by Gasteiger charge is 2.23. The molecule has 0 aromatic heterocycles. The number of nitriles is 1. The highest BCUT2D eigenvalue weighted by atomic mass is 35.5. The number of aryl methyl sites for hydroxylation is 1. The van der Waals surface area contributed by atoms with Crippen molar-refractivity contribution in [3.8, 4) is 6.07 Å². The van der Waals surface area contributed by atoms with E-state index in [1.165, 1.54) is 11.6 Å². The topological polar surface area (TPSA) is 82.0 Å². The van der Waals surface area contributed by atoms with Crippen LogP contribution in [0.3, 0.4) is 0 Å². The van der Waals surface area contributed by atoms with E-state index in [1.807, 2.05) is 24.3 Å². The number of hydrogen-bond acceptors (Lipinski definition) is 4. The summed E-state index contributed by atoms with van der Waals surface area (Å²) in [6.07, 6.45) is 0.947. The van der Waals surface area contributed by atoms with Gasteiger partial charge in [0.05, 0.1) is 16.5 Å². The van der Waals surface area contributed by atoms with Crippen molar-refractivity contribution in [2.75, 3.05) is 13.1 Å². The van der Waals surface area contributed by atoms with Crippen molar-refractivity contribution in [1.29, 1.82) is 5.26 Å². The lowest BCUT2D eigenvalue weighted by molar-refractivity contribution is 0.491. The standard InChI is InChI=1S/C18H19N3O2S.ClH/c1-13-6-7-14(11-19)10-18(13)24(22,23)21-12-17-16-5-3-2-4-15(16)8-9-20-17;/h2-7,10,17,20-21H,8-9,12H2,1H3;1H. The fourth-order valence-electron chi connectivity index (χ4n) is 3.00. The van der Waals surface area contributed by atoms with E-state index in [-0.39, 0.29) is 29.9 Å². The van der Waals surface area contributed by atoms with Gasteiger partial charge in [-0.1, -0.05) is 30.3 Å². The third-order valence-electron chi connectivity index (χ3n) is 4.30. The van der Waals surface area contributed by atoms with Gasteiger partial charge in [-0.05, 0) is 48.7 Å². The molecule has 132 valence electrons. The van der Waals surface area contributed by atoms with E-state index < -0.39 is 10.0 Å². The van der Waals surface area contributed by atoms with Gasteiger partial charge in [-0.25, -0.2) is 13.1 Å². The maximum atomic E-state index is 12.6. The van der Waals surface area contributed by atoms with Gasteiger partial charge in [-0.2, -0.15) is 5.26 Å². The van der Waals surface area contributed by atoms with Crippen LogP contribution in [0.5, 0.6) is 0 Å². The van der Waals surface area contributed by atoms with Crippen LogP contribution >= 0.6 is 12.4 Å². The molecule has 7 heteroatoms. The smallest absolute Gasteiger partial charge is 0.240 e. The second-order valence-corrected chi connectivity index (χ2v) is 7.63. The molecule has 1 unspecified atom stereocenters. The van der Waals surface area contributed by atoms with Crippen molar-refractivity contribution in [2.24, 2.45) is 0 Å². The molecule has 25 heavy (non-hydrogen) atoms. The minimum Gasteiger partial charge on any atom is -0.308 e. The zero-order valence-electron chi connectivity index (χ0n) is 13.8. The van der Waals surface area contributed by atoms with Crippen molar-refractivity contribution < 1.29 is 8.42 Å². The lowest BCUT2D eigenvalue weighted by Crippen LogP contribution is -2.39. The molecule has 0 saturated heterocycles. The van der Waals surface area contributed by atoms with Gasteiger partial charge < -0.3 is 5.32 Å². The van der Waals surface area contributed by atoms with Crippen molar-refractivity contribution in [1.82, 2.24) is 10.0 Å². The van der Waals surface area contributed by atoms with E-state index in [9.17, 15) is 8.42 Å². The number of fused-ring (bicyclic) bond motifs is 1. The highest BCUT2D eigenvalue weighted by Crippen LogP contribution is 2.23. The molecular weight excluding hydrogens is 358 g/mol. The minimum absolute atomic E-state index is 0. The lowest BCUT2D eigenvalue weighted by atomic mass is 9.95. The number of sulfonamides is 1. The normalized spacial score (nSPS) is 16.4. The first-order chi connectivity index (χ1) is 11.5. The summed E-state index contributed by atoms with van der Waals surface area (Å²) in [6, 6.07) is 14.7. The first kappa shape index (κ1) is 19.4. The fraction of sp³-hybridized carbons (Fsp3) is 0.278. The summed E-state index contributed by atoms with van der Waals surface area (Å²) in [4.78, 5) is 0.158. The molecule has 0 saturated carbocycles. The molecule has 1 aliphatic heterocycles. The maximum absolute atomic E-state index is 12.6. The zero-order chi connectivity index (χ0) is 17.2. The molecule has 1 aliphatic rings. The molecule has 2 aromatic carbocycles. The number of halogens is 1. The molecule has 0 spiro atoms. The molecule has 1 atom stereocenters. The molecule has 1 heterocycles. The summed E-state index contributed by atoms with van der Waals surface area (Å²) in [5, 5.41) is 12.3. The van der Waals surface area contributed by atoms with Crippen LogP contribution < -0.4 is 10.0 Å². The minimum atomic E-state index is -3.67. The number of benzene rings is 2. The zero-order valence-corrected chi connectivity index (χ0v) is 15.5. The van der Waals surface area contributed by atoms with Crippen LogP contribution in [0.1, 0.15) is 28.3 Å². The number of hydrogen-bond donors (Lipinski definition) is 2. The molecule has 5 nitrogen and oxygen atoms in total. The Bertz CT molecular complexity index is 907. The Labute approximate surface area is 154 Å². The van der Waals surface area contributed by atoms with E-state index in [4.69, 9.17) is 5.26 Å². The summed E-state index contributed by atoms with van der Waals surface area (Å²) in [7, 11) is -3.67. The second-order valence-electron chi connectivity index (χ2n) is 5.90. The van der Waals surface area contributed by atoms with Crippen LogP contribution in [0.2, 0.25) is 0 Å². The van der Waals surface area contributed by atoms with Gasteiger partial charge in [0.1, 0.15) is 0 Å². The van der Waals surface area contributed by atoms with E-state index >= 15 is 0 Å². The first-order valence-corrected chi connectivity index (χ1v) is 9.31. The highest BCUT2D eigenvalue weighted by molar-refractivity contribution is 7.89. The Hall–Kier alpha value is -1.91. The van der Waals surface area contributed by atoms with Crippen LogP contribution in [0.4, 0.5) is 0 Å². The van der Waals surface area contributed by atoms with Gasteiger partial charge in [0, 0.05) is 12.6 Å². The largest absolute Gasteiger partial charge is 0.308 e. The predicted molar refractivity (Wildman–Crippen MR) is 99.2 cm³/mol. The van der Waals surface area contributed by atoms with E-state index in [2.05, 4.69) is 16.1 Å². The van der Waals surface area contributed by atoms with E-state index in [0.29, 0.717) is 11.1 Å². The molecule has 3 rings (SSSR count). The van der Waals surface area contributed by atoms with Crippen molar-refractivity contribution in [3.05, 3.63) is 64.7 Å². The molecule has 0 fully saturated rings. The fourth-order valence-corrected chi connectivity index (χ4v) is 4.32. The number of nitrogens with one attached hydrogen (secondary N) is 2. The van der Waals surface area contributed by atoms with Crippen molar-refractivity contribution in [3.63, 3.8) is 0 Å². The molecule has 2 N–H and O–H groups in total. The SMILES string of the molecule is Cc1ccc(C#N)cc1S(=O)(=O)NCC1NCCc2ccccc21.Cl.